The summed E-state index contributed by atoms with van der Waals surface area (Å²) in [6.07, 6.45) is 1.25. The van der Waals surface area contributed by atoms with E-state index >= 15 is 0 Å². The molecule has 1 atom stereocenters. The quantitative estimate of drug-likeness (QED) is 0.654. The minimum atomic E-state index is -0.312. The fourth-order valence-corrected chi connectivity index (χ4v) is 2.14. The Morgan fingerprint density at radius 3 is 2.69 bits per heavy atom. The molecule has 0 saturated carbocycles. The average Bonchev–Trinajstić information content (AvgIpc) is 2.82. The lowest BCUT2D eigenvalue weighted by Crippen LogP contribution is -2.48. The summed E-state index contributed by atoms with van der Waals surface area (Å²) in [5.41, 5.74) is 0. The number of ketones is 1. The van der Waals surface area contributed by atoms with E-state index in [9.17, 15) is 9.59 Å². The van der Waals surface area contributed by atoms with E-state index in [0.29, 0.717) is 26.1 Å². The summed E-state index contributed by atoms with van der Waals surface area (Å²) in [6, 6.07) is 0. The lowest BCUT2D eigenvalue weighted by Gasteiger charge is -2.26. The first kappa shape index (κ1) is 11.5. The average molecular weight is 226 g/mol. The van der Waals surface area contributed by atoms with Crippen molar-refractivity contribution in [3.8, 4) is 0 Å². The van der Waals surface area contributed by atoms with Crippen molar-refractivity contribution in [1.82, 2.24) is 10.2 Å². The third kappa shape index (κ3) is 2.80. The third-order valence-corrected chi connectivity index (χ3v) is 3.14. The number of piperazine rings is 1. The van der Waals surface area contributed by atoms with Crippen molar-refractivity contribution in [3.63, 3.8) is 0 Å². The van der Waals surface area contributed by atoms with Gasteiger partial charge in [-0.05, 0) is 12.3 Å². The summed E-state index contributed by atoms with van der Waals surface area (Å²) < 4.78 is 5.20. The molecule has 1 unspecified atom stereocenters. The molecule has 0 aromatic rings. The number of hydrogen-bond acceptors (Lipinski definition) is 4. The maximum Gasteiger partial charge on any atom is 0.290 e. The molecule has 5 heteroatoms. The predicted octanol–water partition coefficient (Wildman–Crippen LogP) is -0.586. The molecule has 0 radical (unpaired) electrons. The molecule has 2 aliphatic rings. The van der Waals surface area contributed by atoms with Gasteiger partial charge in [-0.2, -0.15) is 0 Å². The second kappa shape index (κ2) is 5.41. The summed E-state index contributed by atoms with van der Waals surface area (Å²) >= 11 is 0. The van der Waals surface area contributed by atoms with Crippen LogP contribution in [0.1, 0.15) is 12.8 Å². The van der Waals surface area contributed by atoms with Gasteiger partial charge < -0.3 is 15.0 Å². The van der Waals surface area contributed by atoms with Crippen LogP contribution < -0.4 is 5.32 Å². The molecular weight excluding hydrogens is 208 g/mol. The van der Waals surface area contributed by atoms with Crippen LogP contribution in [0.2, 0.25) is 0 Å². The highest BCUT2D eigenvalue weighted by atomic mass is 16.5. The summed E-state index contributed by atoms with van der Waals surface area (Å²) in [7, 11) is 0. The number of nitrogens with zero attached hydrogens (tertiary/aromatic N) is 1. The molecule has 0 aliphatic carbocycles. The van der Waals surface area contributed by atoms with Gasteiger partial charge in [0.2, 0.25) is 5.78 Å². The number of nitrogens with one attached hydrogen (secondary N) is 1. The Labute approximate surface area is 95.1 Å². The predicted molar refractivity (Wildman–Crippen MR) is 58.0 cm³/mol. The van der Waals surface area contributed by atoms with Crippen LogP contribution in [0.25, 0.3) is 0 Å². The zero-order valence-corrected chi connectivity index (χ0v) is 9.41. The second-order valence-electron chi connectivity index (χ2n) is 4.40. The van der Waals surface area contributed by atoms with Gasteiger partial charge in [0, 0.05) is 45.8 Å². The van der Waals surface area contributed by atoms with Gasteiger partial charge in [0.15, 0.2) is 0 Å². The Morgan fingerprint density at radius 2 is 2.06 bits per heavy atom. The highest BCUT2D eigenvalue weighted by Gasteiger charge is 2.27. The fourth-order valence-electron chi connectivity index (χ4n) is 2.14. The lowest BCUT2D eigenvalue weighted by molar-refractivity contribution is -0.145. The van der Waals surface area contributed by atoms with E-state index in [1.54, 1.807) is 4.90 Å². The summed E-state index contributed by atoms with van der Waals surface area (Å²) in [5.74, 6) is -0.315. The number of carbonyl (C=O) groups excluding carboxylic acids is 2. The fraction of sp³-hybridized carbons (Fsp3) is 0.818. The molecule has 1 N–H and O–H groups in total. The molecule has 0 aromatic heterocycles. The van der Waals surface area contributed by atoms with E-state index in [0.717, 1.165) is 26.1 Å². The van der Waals surface area contributed by atoms with E-state index in [1.165, 1.54) is 0 Å². The molecule has 90 valence electrons. The van der Waals surface area contributed by atoms with Crippen molar-refractivity contribution in [2.75, 3.05) is 39.4 Å². The Balaban J connectivity index is 1.80. The topological polar surface area (TPSA) is 58.6 Å². The number of ether oxygens (including phenoxy) is 1. The minimum Gasteiger partial charge on any atom is -0.381 e. The molecule has 2 saturated heterocycles. The molecule has 2 aliphatic heterocycles. The molecule has 16 heavy (non-hydrogen) atoms. The van der Waals surface area contributed by atoms with Crippen molar-refractivity contribution in [2.45, 2.75) is 12.8 Å². The number of Topliss-reactive ketones (excluding diaryl/α,β-unsaturated/α-hetero) is 1. The molecule has 2 fully saturated rings. The van der Waals surface area contributed by atoms with Gasteiger partial charge in [-0.25, -0.2) is 0 Å². The van der Waals surface area contributed by atoms with E-state index in [1.807, 2.05) is 0 Å². The summed E-state index contributed by atoms with van der Waals surface area (Å²) in [4.78, 5) is 25.2. The van der Waals surface area contributed by atoms with E-state index < -0.39 is 0 Å². The highest BCUT2D eigenvalue weighted by molar-refractivity contribution is 6.36. The van der Waals surface area contributed by atoms with Crippen LogP contribution in [0, 0.1) is 5.92 Å². The minimum absolute atomic E-state index is 0.249. The normalized spacial score (nSPS) is 25.8. The lowest BCUT2D eigenvalue weighted by atomic mass is 10.0. The van der Waals surface area contributed by atoms with Crippen LogP contribution in [-0.4, -0.2) is 56.0 Å². The second-order valence-corrected chi connectivity index (χ2v) is 4.40. The van der Waals surface area contributed by atoms with Crippen LogP contribution >= 0.6 is 0 Å². The smallest absolute Gasteiger partial charge is 0.290 e. The molecule has 1 amide bonds. The Hall–Kier alpha value is -0.940. The Bertz CT molecular complexity index is 268. The zero-order valence-electron chi connectivity index (χ0n) is 9.41. The van der Waals surface area contributed by atoms with Crippen LogP contribution in [0.4, 0.5) is 0 Å². The molecule has 2 heterocycles. The van der Waals surface area contributed by atoms with Gasteiger partial charge in [0.1, 0.15) is 0 Å². The van der Waals surface area contributed by atoms with Crippen LogP contribution in [0.3, 0.4) is 0 Å². The van der Waals surface area contributed by atoms with Gasteiger partial charge in [-0.15, -0.1) is 0 Å². The van der Waals surface area contributed by atoms with Gasteiger partial charge in [-0.3, -0.25) is 9.59 Å². The number of hydrogen-bond donors (Lipinski definition) is 1. The monoisotopic (exact) mass is 226 g/mol. The first-order valence-corrected chi connectivity index (χ1v) is 5.88. The SMILES string of the molecule is O=C(CC1CCOC1)C(=O)N1CCNCC1. The largest absolute Gasteiger partial charge is 0.381 e. The number of amides is 1. The maximum atomic E-state index is 11.8. The standard InChI is InChI=1S/C11H18N2O3/c14-10(7-9-1-6-16-8-9)11(15)13-4-2-12-3-5-13/h9,12H,1-8H2. The first-order valence-electron chi connectivity index (χ1n) is 5.88. The van der Waals surface area contributed by atoms with Crippen molar-refractivity contribution in [3.05, 3.63) is 0 Å². The van der Waals surface area contributed by atoms with Crippen molar-refractivity contribution < 1.29 is 14.3 Å². The number of rotatable bonds is 3. The maximum absolute atomic E-state index is 11.8. The van der Waals surface area contributed by atoms with Crippen molar-refractivity contribution in [2.24, 2.45) is 5.92 Å². The van der Waals surface area contributed by atoms with E-state index in [4.69, 9.17) is 4.74 Å². The molecule has 0 bridgehead atoms. The first-order chi connectivity index (χ1) is 7.77. The van der Waals surface area contributed by atoms with Gasteiger partial charge in [0.25, 0.3) is 5.91 Å². The third-order valence-electron chi connectivity index (χ3n) is 3.14. The summed E-state index contributed by atoms with van der Waals surface area (Å²) in [6.45, 7) is 4.20. The van der Waals surface area contributed by atoms with E-state index in [-0.39, 0.29) is 17.6 Å². The van der Waals surface area contributed by atoms with Gasteiger partial charge >= 0.3 is 0 Å². The van der Waals surface area contributed by atoms with Gasteiger partial charge in [-0.1, -0.05) is 0 Å². The summed E-state index contributed by atoms with van der Waals surface area (Å²) in [5, 5.41) is 3.16. The van der Waals surface area contributed by atoms with Crippen molar-refractivity contribution >= 4 is 11.7 Å². The molecule has 2 rings (SSSR count). The van der Waals surface area contributed by atoms with E-state index in [2.05, 4.69) is 5.32 Å². The Kier molecular flexibility index (Phi) is 3.90. The van der Waals surface area contributed by atoms with Crippen molar-refractivity contribution in [1.29, 1.82) is 0 Å². The zero-order chi connectivity index (χ0) is 11.4. The van der Waals surface area contributed by atoms with Crippen LogP contribution in [-0.2, 0) is 14.3 Å². The van der Waals surface area contributed by atoms with Crippen LogP contribution in [0.5, 0.6) is 0 Å². The van der Waals surface area contributed by atoms with Crippen LogP contribution in [0.15, 0.2) is 0 Å². The molecule has 0 spiro atoms. The number of carbonyl (C=O) groups is 2. The Morgan fingerprint density at radius 1 is 1.31 bits per heavy atom. The van der Waals surface area contributed by atoms with Gasteiger partial charge in [0.05, 0.1) is 0 Å². The molecular formula is C11H18N2O3. The molecule has 5 nitrogen and oxygen atoms in total. The highest BCUT2D eigenvalue weighted by Crippen LogP contribution is 2.17. The molecule has 0 aromatic carbocycles.